The number of H-pyrrole nitrogens is 1. The lowest BCUT2D eigenvalue weighted by molar-refractivity contribution is -0.121. The Morgan fingerprint density at radius 2 is 1.76 bits per heavy atom. The molecule has 0 unspecified atom stereocenters. The fraction of sp³-hybridized carbons (Fsp3) is 0.500. The van der Waals surface area contributed by atoms with E-state index in [4.69, 9.17) is 15.2 Å². The van der Waals surface area contributed by atoms with Crippen LogP contribution in [0.3, 0.4) is 0 Å². The highest BCUT2D eigenvalue weighted by Crippen LogP contribution is 2.18. The van der Waals surface area contributed by atoms with Gasteiger partial charge in [0, 0.05) is 20.2 Å². The predicted molar refractivity (Wildman–Crippen MR) is 130 cm³/mol. The molecule has 3 N–H and O–H groups in total. The van der Waals surface area contributed by atoms with E-state index in [0.717, 1.165) is 36.1 Å². The number of nitrogen functional groups attached to an aromatic ring is 1. The van der Waals surface area contributed by atoms with Crippen molar-refractivity contribution in [1.82, 2.24) is 9.55 Å². The lowest BCUT2D eigenvalue weighted by Gasteiger charge is -2.24. The van der Waals surface area contributed by atoms with Gasteiger partial charge in [-0.05, 0) is 37.0 Å². The molecule has 0 saturated heterocycles. The minimum absolute atomic E-state index is 0.0156. The normalized spacial score (nSPS) is 10.8. The number of nitrogens with two attached hydrogens (primary N) is 1. The van der Waals surface area contributed by atoms with Crippen LogP contribution in [-0.2, 0) is 27.2 Å². The maximum atomic E-state index is 13.0. The van der Waals surface area contributed by atoms with Gasteiger partial charge in [-0.25, -0.2) is 9.59 Å². The van der Waals surface area contributed by atoms with Gasteiger partial charge in [-0.3, -0.25) is 24.0 Å². The largest absolute Gasteiger partial charge is 0.452 e. The first kappa shape index (κ1) is 26.8. The number of hydrogen-bond donors (Lipinski definition) is 2. The zero-order chi connectivity index (χ0) is 25.1. The predicted octanol–water partition coefficient (Wildman–Crippen LogP) is 2.10. The molecular weight excluding hydrogens is 440 g/mol. The van der Waals surface area contributed by atoms with Crippen LogP contribution in [0, 0.1) is 0 Å². The van der Waals surface area contributed by atoms with Crippen molar-refractivity contribution in [3.8, 4) is 0 Å². The van der Waals surface area contributed by atoms with Crippen molar-refractivity contribution in [2.45, 2.75) is 52.5 Å². The third-order valence-corrected chi connectivity index (χ3v) is 5.37. The molecule has 1 aromatic carbocycles. The molecule has 0 radical (unpaired) electrons. The second kappa shape index (κ2) is 13.3. The first-order valence-corrected chi connectivity index (χ1v) is 11.5. The Morgan fingerprint density at radius 1 is 1.09 bits per heavy atom. The first-order chi connectivity index (χ1) is 16.3. The van der Waals surface area contributed by atoms with E-state index in [1.54, 1.807) is 12.1 Å². The average molecular weight is 475 g/mol. The van der Waals surface area contributed by atoms with Crippen molar-refractivity contribution >= 4 is 23.4 Å². The van der Waals surface area contributed by atoms with Crippen molar-refractivity contribution in [3.05, 3.63) is 56.2 Å². The summed E-state index contributed by atoms with van der Waals surface area (Å²) < 4.78 is 11.5. The van der Waals surface area contributed by atoms with Gasteiger partial charge >= 0.3 is 11.7 Å². The molecule has 186 valence electrons. The summed E-state index contributed by atoms with van der Waals surface area (Å²) in [5.74, 6) is -1.44. The SMILES string of the molecule is CCCCc1ccc(C(=O)OCC(=O)N(CCOC)c2c(N)n(CCCC)c(=O)[nH]c2=O)cc1. The molecule has 34 heavy (non-hydrogen) atoms. The number of nitrogens with one attached hydrogen (secondary N) is 1. The Kier molecular flexibility index (Phi) is 10.5. The van der Waals surface area contributed by atoms with E-state index in [0.29, 0.717) is 18.5 Å². The van der Waals surface area contributed by atoms with Gasteiger partial charge in [0.2, 0.25) is 0 Å². The molecule has 0 bridgehead atoms. The fourth-order valence-electron chi connectivity index (χ4n) is 3.40. The minimum atomic E-state index is -0.798. The molecule has 10 nitrogen and oxygen atoms in total. The maximum Gasteiger partial charge on any atom is 0.338 e. The van der Waals surface area contributed by atoms with Crippen LogP contribution in [-0.4, -0.2) is 48.3 Å². The molecule has 0 aliphatic rings. The number of aromatic amines is 1. The summed E-state index contributed by atoms with van der Waals surface area (Å²) in [6.07, 6.45) is 4.53. The van der Waals surface area contributed by atoms with Crippen LogP contribution in [0.15, 0.2) is 33.9 Å². The zero-order valence-electron chi connectivity index (χ0n) is 20.1. The summed E-state index contributed by atoms with van der Waals surface area (Å²) in [6, 6.07) is 7.04. The van der Waals surface area contributed by atoms with Gasteiger partial charge in [-0.2, -0.15) is 0 Å². The van der Waals surface area contributed by atoms with Crippen LogP contribution < -0.4 is 21.9 Å². The molecule has 0 fully saturated rings. The third kappa shape index (κ3) is 7.05. The highest BCUT2D eigenvalue weighted by atomic mass is 16.5. The van der Waals surface area contributed by atoms with E-state index in [-0.39, 0.29) is 24.7 Å². The van der Waals surface area contributed by atoms with E-state index in [1.807, 2.05) is 19.1 Å². The van der Waals surface area contributed by atoms with Gasteiger partial charge in [0.05, 0.1) is 12.2 Å². The molecule has 1 amide bonds. The summed E-state index contributed by atoms with van der Waals surface area (Å²) in [7, 11) is 1.45. The number of anilines is 2. The van der Waals surface area contributed by atoms with Crippen molar-refractivity contribution in [2.24, 2.45) is 0 Å². The van der Waals surface area contributed by atoms with Crippen molar-refractivity contribution in [3.63, 3.8) is 0 Å². The second-order valence-electron chi connectivity index (χ2n) is 7.91. The number of methoxy groups -OCH3 is 1. The monoisotopic (exact) mass is 474 g/mol. The van der Waals surface area contributed by atoms with E-state index in [9.17, 15) is 19.2 Å². The molecule has 0 atom stereocenters. The highest BCUT2D eigenvalue weighted by molar-refractivity contribution is 5.98. The lowest BCUT2D eigenvalue weighted by Crippen LogP contribution is -2.44. The van der Waals surface area contributed by atoms with Gasteiger partial charge in [-0.1, -0.05) is 38.8 Å². The zero-order valence-corrected chi connectivity index (χ0v) is 20.1. The molecule has 1 aromatic heterocycles. The number of aromatic nitrogens is 2. The second-order valence-corrected chi connectivity index (χ2v) is 7.91. The summed E-state index contributed by atoms with van der Waals surface area (Å²) in [4.78, 5) is 53.5. The van der Waals surface area contributed by atoms with Gasteiger partial charge < -0.3 is 15.2 Å². The number of aryl methyl sites for hydroxylation is 1. The van der Waals surface area contributed by atoms with E-state index >= 15 is 0 Å². The van der Waals surface area contributed by atoms with Crippen molar-refractivity contribution in [1.29, 1.82) is 0 Å². The fourth-order valence-corrected chi connectivity index (χ4v) is 3.40. The summed E-state index contributed by atoms with van der Waals surface area (Å²) in [6.45, 7) is 3.84. The number of rotatable bonds is 13. The number of hydrogen-bond acceptors (Lipinski definition) is 7. The maximum absolute atomic E-state index is 13.0. The summed E-state index contributed by atoms with van der Waals surface area (Å²) in [5.41, 5.74) is 5.96. The van der Waals surface area contributed by atoms with Crippen LogP contribution in [0.4, 0.5) is 11.5 Å². The van der Waals surface area contributed by atoms with Crippen molar-refractivity contribution in [2.75, 3.05) is 37.5 Å². The summed E-state index contributed by atoms with van der Waals surface area (Å²) in [5, 5.41) is 0. The molecule has 2 rings (SSSR count). The van der Waals surface area contributed by atoms with E-state index in [2.05, 4.69) is 11.9 Å². The highest BCUT2D eigenvalue weighted by Gasteiger charge is 2.25. The molecule has 0 spiro atoms. The first-order valence-electron chi connectivity index (χ1n) is 11.5. The molecule has 10 heteroatoms. The van der Waals surface area contributed by atoms with Gasteiger partial charge in [-0.15, -0.1) is 0 Å². The topological polar surface area (TPSA) is 137 Å². The number of carbonyl (C=O) groups is 2. The van der Waals surface area contributed by atoms with Crippen LogP contribution in [0.2, 0.25) is 0 Å². The number of unbranched alkanes of at least 4 members (excludes halogenated alkanes) is 2. The Morgan fingerprint density at radius 3 is 2.38 bits per heavy atom. The Balaban J connectivity index is 2.21. The number of nitrogens with zero attached hydrogens (tertiary/aromatic N) is 2. The average Bonchev–Trinajstić information content (AvgIpc) is 2.83. The standard InChI is InChI=1S/C24H34N4O6/c1-4-6-8-17-9-11-18(12-10-17)23(31)34-16-19(29)27(14-15-33-3)20-21(25)28(13-7-5-2)24(32)26-22(20)30/h9-12H,4-8,13-16,25H2,1-3H3,(H,26,30,32). The van der Waals surface area contributed by atoms with Gasteiger partial charge in [0.1, 0.15) is 5.82 Å². The Hall–Kier alpha value is -3.40. The van der Waals surface area contributed by atoms with Crippen LogP contribution in [0.25, 0.3) is 0 Å². The van der Waals surface area contributed by atoms with Crippen LogP contribution in [0.1, 0.15) is 55.5 Å². The Bertz CT molecular complexity index is 1070. The molecule has 2 aromatic rings. The third-order valence-electron chi connectivity index (χ3n) is 5.37. The van der Waals surface area contributed by atoms with Crippen molar-refractivity contribution < 1.29 is 19.1 Å². The van der Waals surface area contributed by atoms with Crippen LogP contribution in [0.5, 0.6) is 0 Å². The number of benzene rings is 1. The van der Waals surface area contributed by atoms with E-state index < -0.39 is 29.7 Å². The van der Waals surface area contributed by atoms with Crippen LogP contribution >= 0.6 is 0 Å². The smallest absolute Gasteiger partial charge is 0.338 e. The number of esters is 1. The molecule has 1 heterocycles. The molecule has 0 aliphatic carbocycles. The lowest BCUT2D eigenvalue weighted by atomic mass is 10.1. The quantitative estimate of drug-likeness (QED) is 0.424. The number of amides is 1. The van der Waals surface area contributed by atoms with E-state index in [1.165, 1.54) is 11.7 Å². The number of carbonyl (C=O) groups excluding carboxylic acids is 2. The minimum Gasteiger partial charge on any atom is -0.452 e. The molecule has 0 saturated carbocycles. The summed E-state index contributed by atoms with van der Waals surface area (Å²) >= 11 is 0. The van der Waals surface area contributed by atoms with Gasteiger partial charge in [0.15, 0.2) is 12.3 Å². The number of ether oxygens (including phenoxy) is 2. The molecule has 0 aliphatic heterocycles. The Labute approximate surface area is 198 Å². The van der Waals surface area contributed by atoms with Gasteiger partial charge in [0.25, 0.3) is 11.5 Å². The molecular formula is C24H34N4O6.